The molecular formula is C12H18N4O3. The summed E-state index contributed by atoms with van der Waals surface area (Å²) in [5, 5.41) is 11.6. The smallest absolute Gasteiger partial charge is 0.326 e. The molecular weight excluding hydrogens is 248 g/mol. The summed E-state index contributed by atoms with van der Waals surface area (Å²) in [6, 6.07) is -1.45. The van der Waals surface area contributed by atoms with E-state index >= 15 is 0 Å². The van der Waals surface area contributed by atoms with Gasteiger partial charge in [0.05, 0.1) is 6.33 Å². The first-order chi connectivity index (χ1) is 8.90. The van der Waals surface area contributed by atoms with Gasteiger partial charge in [0, 0.05) is 31.9 Å². The average Bonchev–Trinajstić information content (AvgIpc) is 2.79. The molecule has 0 radical (unpaired) electrons. The van der Waals surface area contributed by atoms with E-state index in [1.165, 1.54) is 17.4 Å². The maximum absolute atomic E-state index is 11.8. The first-order valence-corrected chi connectivity index (χ1v) is 5.76. The fraction of sp³-hybridized carbons (Fsp3) is 0.417. The van der Waals surface area contributed by atoms with Gasteiger partial charge in [-0.15, -0.1) is 0 Å². The van der Waals surface area contributed by atoms with Gasteiger partial charge in [-0.25, -0.2) is 14.6 Å². The van der Waals surface area contributed by atoms with Crippen LogP contribution in [0.4, 0.5) is 4.79 Å². The van der Waals surface area contributed by atoms with Gasteiger partial charge in [-0.2, -0.15) is 0 Å². The molecule has 0 fully saturated rings. The summed E-state index contributed by atoms with van der Waals surface area (Å²) >= 11 is 0. The summed E-state index contributed by atoms with van der Waals surface area (Å²) < 4.78 is 0. The van der Waals surface area contributed by atoms with Crippen molar-refractivity contribution in [3.05, 3.63) is 30.4 Å². The third-order valence-electron chi connectivity index (χ3n) is 2.43. The number of aromatic nitrogens is 2. The normalized spacial score (nSPS) is 11.7. The lowest BCUT2D eigenvalue weighted by atomic mass is 10.1. The topological polar surface area (TPSA) is 98.3 Å². The van der Waals surface area contributed by atoms with Gasteiger partial charge in [0.25, 0.3) is 0 Å². The van der Waals surface area contributed by atoms with Crippen molar-refractivity contribution in [2.45, 2.75) is 19.4 Å². The molecule has 1 aromatic rings. The number of rotatable bonds is 6. The van der Waals surface area contributed by atoms with Gasteiger partial charge in [0.15, 0.2) is 0 Å². The van der Waals surface area contributed by atoms with Crippen LogP contribution < -0.4 is 5.32 Å². The zero-order valence-corrected chi connectivity index (χ0v) is 11.0. The number of hydrogen-bond donors (Lipinski definition) is 3. The van der Waals surface area contributed by atoms with Gasteiger partial charge in [0.1, 0.15) is 6.04 Å². The summed E-state index contributed by atoms with van der Waals surface area (Å²) in [6.07, 6.45) is 3.14. The Morgan fingerprint density at radius 2 is 2.32 bits per heavy atom. The van der Waals surface area contributed by atoms with Crippen molar-refractivity contribution in [3.63, 3.8) is 0 Å². The van der Waals surface area contributed by atoms with E-state index in [0.29, 0.717) is 12.2 Å². The number of urea groups is 1. The first-order valence-electron chi connectivity index (χ1n) is 5.76. The second kappa shape index (κ2) is 6.58. The molecule has 0 saturated heterocycles. The van der Waals surface area contributed by atoms with Crippen molar-refractivity contribution in [2.75, 3.05) is 13.6 Å². The van der Waals surface area contributed by atoms with Crippen molar-refractivity contribution in [3.8, 4) is 0 Å². The molecule has 0 bridgehead atoms. The second-order valence-corrected chi connectivity index (χ2v) is 4.43. The van der Waals surface area contributed by atoms with E-state index < -0.39 is 18.0 Å². The molecule has 104 valence electrons. The van der Waals surface area contributed by atoms with E-state index in [9.17, 15) is 9.59 Å². The Labute approximate surface area is 111 Å². The lowest BCUT2D eigenvalue weighted by Gasteiger charge is -2.21. The number of nitrogens with zero attached hydrogens (tertiary/aromatic N) is 2. The van der Waals surface area contributed by atoms with Crippen LogP contribution in [0.15, 0.2) is 24.7 Å². The summed E-state index contributed by atoms with van der Waals surface area (Å²) in [4.78, 5) is 30.9. The lowest BCUT2D eigenvalue weighted by molar-refractivity contribution is -0.139. The number of aromatic amines is 1. The van der Waals surface area contributed by atoms with Crippen LogP contribution in [-0.2, 0) is 11.2 Å². The largest absolute Gasteiger partial charge is 0.480 e. The number of amides is 2. The van der Waals surface area contributed by atoms with E-state index in [0.717, 1.165) is 5.57 Å². The van der Waals surface area contributed by atoms with Gasteiger partial charge in [-0.1, -0.05) is 12.2 Å². The van der Waals surface area contributed by atoms with Gasteiger partial charge in [0.2, 0.25) is 0 Å². The number of carboxylic acids is 1. The molecule has 1 heterocycles. The minimum atomic E-state index is -1.09. The highest BCUT2D eigenvalue weighted by Gasteiger charge is 2.22. The summed E-state index contributed by atoms with van der Waals surface area (Å²) in [5.74, 6) is -1.09. The number of hydrogen-bond acceptors (Lipinski definition) is 3. The van der Waals surface area contributed by atoms with Crippen LogP contribution in [0.25, 0.3) is 0 Å². The van der Waals surface area contributed by atoms with Crippen molar-refractivity contribution in [1.29, 1.82) is 0 Å². The number of likely N-dealkylation sites (N-methyl/N-ethyl adjacent to an activating group) is 1. The Hall–Kier alpha value is -2.31. The summed E-state index contributed by atoms with van der Waals surface area (Å²) in [5.41, 5.74) is 1.47. The van der Waals surface area contributed by atoms with Crippen LogP contribution in [0.2, 0.25) is 0 Å². The van der Waals surface area contributed by atoms with Crippen LogP contribution in [-0.4, -0.2) is 51.6 Å². The fourth-order valence-electron chi connectivity index (χ4n) is 1.55. The van der Waals surface area contributed by atoms with E-state index in [4.69, 9.17) is 5.11 Å². The third-order valence-corrected chi connectivity index (χ3v) is 2.43. The maximum atomic E-state index is 11.8. The number of carboxylic acid groups (broad SMARTS) is 1. The molecule has 0 aliphatic heterocycles. The number of H-pyrrole nitrogens is 1. The molecule has 0 aliphatic rings. The molecule has 19 heavy (non-hydrogen) atoms. The summed E-state index contributed by atoms with van der Waals surface area (Å²) in [6.45, 7) is 5.87. The molecule has 2 amide bonds. The van der Waals surface area contributed by atoms with Gasteiger partial charge >= 0.3 is 12.0 Å². The molecule has 1 aromatic heterocycles. The van der Waals surface area contributed by atoms with Crippen LogP contribution in [0.5, 0.6) is 0 Å². The van der Waals surface area contributed by atoms with Crippen LogP contribution in [0.1, 0.15) is 12.6 Å². The molecule has 0 saturated carbocycles. The van der Waals surface area contributed by atoms with Crippen LogP contribution in [0.3, 0.4) is 0 Å². The highest BCUT2D eigenvalue weighted by atomic mass is 16.4. The average molecular weight is 266 g/mol. The van der Waals surface area contributed by atoms with E-state index in [2.05, 4.69) is 21.9 Å². The van der Waals surface area contributed by atoms with Crippen LogP contribution in [0, 0.1) is 0 Å². The van der Waals surface area contributed by atoms with Crippen molar-refractivity contribution in [1.82, 2.24) is 20.2 Å². The molecule has 0 spiro atoms. The minimum Gasteiger partial charge on any atom is -0.480 e. The lowest BCUT2D eigenvalue weighted by Crippen LogP contribution is -2.48. The highest BCUT2D eigenvalue weighted by molar-refractivity contribution is 5.82. The number of aliphatic carboxylic acids is 1. The Morgan fingerprint density at radius 3 is 2.79 bits per heavy atom. The third kappa shape index (κ3) is 4.82. The second-order valence-electron chi connectivity index (χ2n) is 4.43. The van der Waals surface area contributed by atoms with Gasteiger partial charge < -0.3 is 20.3 Å². The minimum absolute atomic E-state index is 0.155. The molecule has 0 aromatic carbocycles. The van der Waals surface area contributed by atoms with Crippen LogP contribution >= 0.6 is 0 Å². The summed E-state index contributed by atoms with van der Waals surface area (Å²) in [7, 11) is 1.58. The monoisotopic (exact) mass is 266 g/mol. The zero-order chi connectivity index (χ0) is 14.4. The first kappa shape index (κ1) is 14.7. The standard InChI is InChI=1S/C12H18N4O3/c1-8(2)6-16(3)12(19)15-10(11(17)18)4-9-5-13-7-14-9/h5,7,10H,1,4,6H2,2-3H3,(H,13,14)(H,15,19)(H,17,18)/t10-/m1/s1. The number of carbonyl (C=O) groups excluding carboxylic acids is 1. The van der Waals surface area contributed by atoms with E-state index in [1.54, 1.807) is 14.0 Å². The molecule has 0 aliphatic carbocycles. The van der Waals surface area contributed by atoms with Gasteiger partial charge in [-0.3, -0.25) is 0 Å². The SMILES string of the molecule is C=C(C)CN(C)C(=O)N[C@H](Cc1cnc[nH]1)C(=O)O. The number of imidazole rings is 1. The van der Waals surface area contributed by atoms with Gasteiger partial charge in [-0.05, 0) is 6.92 Å². The molecule has 7 heteroatoms. The number of carbonyl (C=O) groups is 2. The quantitative estimate of drug-likeness (QED) is 0.657. The van der Waals surface area contributed by atoms with E-state index in [-0.39, 0.29) is 6.42 Å². The maximum Gasteiger partial charge on any atom is 0.326 e. The van der Waals surface area contributed by atoms with Crippen molar-refractivity contribution in [2.24, 2.45) is 0 Å². The Bertz CT molecular complexity index is 456. The molecule has 1 rings (SSSR count). The molecule has 0 unspecified atom stereocenters. The fourth-order valence-corrected chi connectivity index (χ4v) is 1.55. The zero-order valence-electron chi connectivity index (χ0n) is 11.0. The highest BCUT2D eigenvalue weighted by Crippen LogP contribution is 2.01. The predicted molar refractivity (Wildman–Crippen MR) is 69.7 cm³/mol. The molecule has 7 nitrogen and oxygen atoms in total. The van der Waals surface area contributed by atoms with Crippen molar-refractivity contribution >= 4 is 12.0 Å². The molecule has 1 atom stereocenters. The Balaban J connectivity index is 2.61. The van der Waals surface area contributed by atoms with Crippen molar-refractivity contribution < 1.29 is 14.7 Å². The Morgan fingerprint density at radius 1 is 1.63 bits per heavy atom. The van der Waals surface area contributed by atoms with E-state index in [1.807, 2.05) is 0 Å². The number of nitrogens with one attached hydrogen (secondary N) is 2. The predicted octanol–water partition coefficient (Wildman–Crippen LogP) is 0.623. The molecule has 3 N–H and O–H groups in total. The Kier molecular flexibility index (Phi) is 5.11.